The lowest BCUT2D eigenvalue weighted by molar-refractivity contribution is 0.485. The number of nitrogens with zero attached hydrogens (tertiary/aromatic N) is 1. The summed E-state index contributed by atoms with van der Waals surface area (Å²) in [5.41, 5.74) is 7.78. The molecule has 0 radical (unpaired) electrons. The molecule has 0 saturated carbocycles. The van der Waals surface area contributed by atoms with Gasteiger partial charge in [0.25, 0.3) is 0 Å². The van der Waals surface area contributed by atoms with Crippen molar-refractivity contribution < 1.29 is 0 Å². The van der Waals surface area contributed by atoms with Gasteiger partial charge >= 0.3 is 0 Å². The van der Waals surface area contributed by atoms with Gasteiger partial charge in [-0.2, -0.15) is 5.26 Å². The fourth-order valence-electron chi connectivity index (χ4n) is 2.04. The van der Waals surface area contributed by atoms with Crippen molar-refractivity contribution in [3.63, 3.8) is 0 Å². The summed E-state index contributed by atoms with van der Waals surface area (Å²) in [4.78, 5) is 1.34. The number of rotatable bonds is 4. The lowest BCUT2D eigenvalue weighted by Crippen LogP contribution is -2.33. The van der Waals surface area contributed by atoms with Gasteiger partial charge < -0.3 is 5.73 Å². The normalized spacial score (nSPS) is 13.8. The minimum absolute atomic E-state index is 0.0706. The predicted octanol–water partition coefficient (Wildman–Crippen LogP) is 3.08. The quantitative estimate of drug-likeness (QED) is 0.914. The summed E-state index contributed by atoms with van der Waals surface area (Å²) in [5, 5.41) is 10.9. The molecule has 1 heterocycles. The van der Waals surface area contributed by atoms with Crippen LogP contribution in [0.25, 0.3) is 0 Å². The highest BCUT2D eigenvalue weighted by atomic mass is 32.1. The standard InChI is InChI=1S/C15H16N2S/c1-15(11-17,9-14-3-2-8-18-14)13-6-4-12(10-16)5-7-13/h2-8H,9,11,17H2,1H3. The summed E-state index contributed by atoms with van der Waals surface area (Å²) >= 11 is 1.76. The van der Waals surface area contributed by atoms with E-state index < -0.39 is 0 Å². The molecule has 92 valence electrons. The topological polar surface area (TPSA) is 49.8 Å². The lowest BCUT2D eigenvalue weighted by Gasteiger charge is -2.28. The molecule has 0 spiro atoms. The number of nitrogens with two attached hydrogens (primary N) is 1. The van der Waals surface area contributed by atoms with Crippen LogP contribution in [0.1, 0.15) is 22.9 Å². The Morgan fingerprint density at radius 2 is 2.00 bits per heavy atom. The van der Waals surface area contributed by atoms with Gasteiger partial charge in [-0.25, -0.2) is 0 Å². The van der Waals surface area contributed by atoms with E-state index in [0.717, 1.165) is 6.42 Å². The Labute approximate surface area is 112 Å². The highest BCUT2D eigenvalue weighted by molar-refractivity contribution is 7.09. The summed E-state index contributed by atoms with van der Waals surface area (Å²) in [6.45, 7) is 2.77. The molecule has 18 heavy (non-hydrogen) atoms. The van der Waals surface area contributed by atoms with Crippen LogP contribution in [0.2, 0.25) is 0 Å². The molecule has 2 nitrogen and oxygen atoms in total. The summed E-state index contributed by atoms with van der Waals surface area (Å²) < 4.78 is 0. The van der Waals surface area contributed by atoms with Crippen LogP contribution in [0.3, 0.4) is 0 Å². The number of benzene rings is 1. The first kappa shape index (κ1) is 12.8. The zero-order chi connectivity index (χ0) is 13.0. The molecule has 2 N–H and O–H groups in total. The predicted molar refractivity (Wildman–Crippen MR) is 75.6 cm³/mol. The summed E-state index contributed by atoms with van der Waals surface area (Å²) in [7, 11) is 0. The van der Waals surface area contributed by atoms with E-state index in [0.29, 0.717) is 12.1 Å². The Morgan fingerprint density at radius 1 is 1.28 bits per heavy atom. The second-order valence-electron chi connectivity index (χ2n) is 4.71. The molecule has 0 aliphatic heterocycles. The van der Waals surface area contributed by atoms with Gasteiger partial charge in [-0.05, 0) is 35.6 Å². The molecule has 1 atom stereocenters. The van der Waals surface area contributed by atoms with E-state index in [-0.39, 0.29) is 5.41 Å². The Morgan fingerprint density at radius 3 is 2.50 bits per heavy atom. The van der Waals surface area contributed by atoms with Crippen molar-refractivity contribution in [2.45, 2.75) is 18.8 Å². The Balaban J connectivity index is 2.28. The minimum Gasteiger partial charge on any atom is -0.330 e. The van der Waals surface area contributed by atoms with Crippen LogP contribution < -0.4 is 5.73 Å². The SMILES string of the molecule is CC(CN)(Cc1cccs1)c1ccc(C#N)cc1. The third-order valence-corrected chi connectivity index (χ3v) is 4.18. The molecular weight excluding hydrogens is 240 g/mol. The van der Waals surface area contributed by atoms with E-state index in [2.05, 4.69) is 30.5 Å². The van der Waals surface area contributed by atoms with Crippen LogP contribution in [0.5, 0.6) is 0 Å². The lowest BCUT2D eigenvalue weighted by atomic mass is 9.79. The second-order valence-corrected chi connectivity index (χ2v) is 5.74. The van der Waals surface area contributed by atoms with Crippen molar-refractivity contribution >= 4 is 11.3 Å². The molecule has 2 aromatic rings. The molecule has 0 aliphatic rings. The van der Waals surface area contributed by atoms with Gasteiger partial charge in [0.15, 0.2) is 0 Å². The van der Waals surface area contributed by atoms with E-state index in [1.165, 1.54) is 10.4 Å². The Hall–Kier alpha value is -1.63. The molecule has 3 heteroatoms. The molecule has 0 amide bonds. The molecule has 1 aromatic heterocycles. The van der Waals surface area contributed by atoms with Gasteiger partial charge in [0.1, 0.15) is 0 Å². The highest BCUT2D eigenvalue weighted by Crippen LogP contribution is 2.29. The maximum absolute atomic E-state index is 8.82. The molecule has 2 rings (SSSR count). The van der Waals surface area contributed by atoms with E-state index in [1.807, 2.05) is 24.3 Å². The fraction of sp³-hybridized carbons (Fsp3) is 0.267. The van der Waals surface area contributed by atoms with Crippen molar-refractivity contribution in [2.75, 3.05) is 6.54 Å². The van der Waals surface area contributed by atoms with Crippen LogP contribution in [0, 0.1) is 11.3 Å². The van der Waals surface area contributed by atoms with Crippen LogP contribution in [-0.2, 0) is 11.8 Å². The first-order valence-corrected chi connectivity index (χ1v) is 6.79. The van der Waals surface area contributed by atoms with Crippen LogP contribution in [0.4, 0.5) is 0 Å². The first-order valence-electron chi connectivity index (χ1n) is 5.91. The maximum Gasteiger partial charge on any atom is 0.0991 e. The van der Waals surface area contributed by atoms with Gasteiger partial charge in [-0.15, -0.1) is 11.3 Å². The highest BCUT2D eigenvalue weighted by Gasteiger charge is 2.25. The number of thiophene rings is 1. The molecule has 0 aliphatic carbocycles. The maximum atomic E-state index is 8.82. The van der Waals surface area contributed by atoms with Crippen molar-refractivity contribution in [3.05, 3.63) is 57.8 Å². The zero-order valence-electron chi connectivity index (χ0n) is 10.4. The van der Waals surface area contributed by atoms with Gasteiger partial charge in [0, 0.05) is 16.8 Å². The van der Waals surface area contributed by atoms with Gasteiger partial charge in [0.2, 0.25) is 0 Å². The molecule has 0 saturated heterocycles. The van der Waals surface area contributed by atoms with Crippen molar-refractivity contribution in [1.82, 2.24) is 0 Å². The molecule has 1 aromatic carbocycles. The summed E-state index contributed by atoms with van der Waals surface area (Å²) in [6.07, 6.45) is 0.938. The van der Waals surface area contributed by atoms with Crippen molar-refractivity contribution in [2.24, 2.45) is 5.73 Å². The number of hydrogen-bond donors (Lipinski definition) is 1. The Bertz CT molecular complexity index is 537. The third kappa shape index (κ3) is 2.61. The second kappa shape index (κ2) is 5.34. The summed E-state index contributed by atoms with van der Waals surface area (Å²) in [6, 6.07) is 14.1. The van der Waals surface area contributed by atoms with E-state index >= 15 is 0 Å². The third-order valence-electron chi connectivity index (χ3n) is 3.31. The molecular formula is C15H16N2S. The van der Waals surface area contributed by atoms with E-state index in [1.54, 1.807) is 11.3 Å². The number of hydrogen-bond acceptors (Lipinski definition) is 3. The van der Waals surface area contributed by atoms with Crippen LogP contribution >= 0.6 is 11.3 Å². The van der Waals surface area contributed by atoms with Crippen LogP contribution in [-0.4, -0.2) is 6.54 Å². The summed E-state index contributed by atoms with van der Waals surface area (Å²) in [5.74, 6) is 0. The molecule has 0 bridgehead atoms. The van der Waals surface area contributed by atoms with Crippen molar-refractivity contribution in [3.8, 4) is 6.07 Å². The average Bonchev–Trinajstić information content (AvgIpc) is 2.91. The Kier molecular flexibility index (Phi) is 3.81. The smallest absolute Gasteiger partial charge is 0.0991 e. The van der Waals surface area contributed by atoms with Crippen molar-refractivity contribution in [1.29, 1.82) is 5.26 Å². The molecule has 1 unspecified atom stereocenters. The average molecular weight is 256 g/mol. The minimum atomic E-state index is -0.0706. The van der Waals surface area contributed by atoms with E-state index in [9.17, 15) is 0 Å². The zero-order valence-corrected chi connectivity index (χ0v) is 11.2. The van der Waals surface area contributed by atoms with Gasteiger partial charge in [-0.1, -0.05) is 25.1 Å². The number of nitriles is 1. The van der Waals surface area contributed by atoms with E-state index in [4.69, 9.17) is 11.0 Å². The van der Waals surface area contributed by atoms with Gasteiger partial charge in [0.05, 0.1) is 11.6 Å². The largest absolute Gasteiger partial charge is 0.330 e. The van der Waals surface area contributed by atoms with Crippen LogP contribution in [0.15, 0.2) is 41.8 Å². The van der Waals surface area contributed by atoms with Gasteiger partial charge in [-0.3, -0.25) is 0 Å². The fourth-order valence-corrected chi connectivity index (χ4v) is 2.93. The molecule has 0 fully saturated rings. The monoisotopic (exact) mass is 256 g/mol. The first-order chi connectivity index (χ1) is 8.68.